The van der Waals surface area contributed by atoms with Gasteiger partial charge in [0.15, 0.2) is 5.11 Å². The molecule has 2 amide bonds. The minimum absolute atomic E-state index is 0.0705. The molecule has 0 bridgehead atoms. The van der Waals surface area contributed by atoms with Crippen LogP contribution in [0.1, 0.15) is 48.8 Å². The zero-order valence-electron chi connectivity index (χ0n) is 18.4. The van der Waals surface area contributed by atoms with Crippen molar-refractivity contribution < 1.29 is 9.59 Å². The number of hydrogen-bond donors (Lipinski definition) is 1. The molecule has 170 valence electrons. The lowest BCUT2D eigenvalue weighted by molar-refractivity contribution is -0.130. The molecule has 0 atom stereocenters. The highest BCUT2D eigenvalue weighted by atomic mass is 35.5. The lowest BCUT2D eigenvalue weighted by Gasteiger charge is -2.37. The second-order valence-electron chi connectivity index (χ2n) is 8.94. The first kappa shape index (κ1) is 22.1. The molecule has 1 N–H and O–H groups in total. The number of benzene rings is 2. The molecular formula is C26H26ClN3O2S. The number of fused-ring (bicyclic) bond motifs is 1. The minimum Gasteiger partial charge on any atom is -0.367 e. The molecule has 2 fully saturated rings. The van der Waals surface area contributed by atoms with E-state index in [1.54, 1.807) is 11.0 Å². The van der Waals surface area contributed by atoms with Gasteiger partial charge in [-0.3, -0.25) is 19.8 Å². The van der Waals surface area contributed by atoms with E-state index in [-0.39, 0.29) is 22.6 Å². The van der Waals surface area contributed by atoms with Gasteiger partial charge in [0.25, 0.3) is 11.8 Å². The second kappa shape index (κ2) is 9.27. The number of rotatable bonds is 4. The van der Waals surface area contributed by atoms with Crippen molar-refractivity contribution in [3.63, 3.8) is 0 Å². The molecule has 1 saturated carbocycles. The highest BCUT2D eigenvalue weighted by Crippen LogP contribution is 2.32. The fourth-order valence-corrected chi connectivity index (χ4v) is 5.61. The molecule has 0 radical (unpaired) electrons. The maximum Gasteiger partial charge on any atom is 0.265 e. The summed E-state index contributed by atoms with van der Waals surface area (Å²) in [6.07, 6.45) is 7.81. The van der Waals surface area contributed by atoms with Crippen LogP contribution in [0.25, 0.3) is 6.08 Å². The lowest BCUT2D eigenvalue weighted by Crippen LogP contribution is -2.57. The number of anilines is 1. The predicted molar refractivity (Wildman–Crippen MR) is 135 cm³/mol. The normalized spacial score (nSPS) is 20.4. The molecular weight excluding hydrogens is 454 g/mol. The molecule has 3 aliphatic rings. The van der Waals surface area contributed by atoms with Crippen LogP contribution in [0.15, 0.2) is 48.0 Å². The summed E-state index contributed by atoms with van der Waals surface area (Å²) in [5, 5.41) is 3.74. The highest BCUT2D eigenvalue weighted by Gasteiger charge is 2.38. The monoisotopic (exact) mass is 479 g/mol. The van der Waals surface area contributed by atoms with Gasteiger partial charge >= 0.3 is 0 Å². The lowest BCUT2D eigenvalue weighted by atomic mass is 9.93. The van der Waals surface area contributed by atoms with Crippen molar-refractivity contribution in [2.75, 3.05) is 11.4 Å². The molecule has 2 heterocycles. The van der Waals surface area contributed by atoms with Crippen LogP contribution < -0.4 is 10.2 Å². The number of carbonyl (C=O) groups is 2. The van der Waals surface area contributed by atoms with Crippen molar-refractivity contribution >= 4 is 52.5 Å². The summed E-state index contributed by atoms with van der Waals surface area (Å²) >= 11 is 11.7. The fraction of sp³-hybridized carbons (Fsp3) is 0.346. The van der Waals surface area contributed by atoms with Crippen molar-refractivity contribution in [2.24, 2.45) is 0 Å². The Morgan fingerprint density at radius 2 is 1.88 bits per heavy atom. The summed E-state index contributed by atoms with van der Waals surface area (Å²) in [4.78, 5) is 29.8. The summed E-state index contributed by atoms with van der Waals surface area (Å²) in [5.41, 5.74) is 4.48. The standard InChI is InChI=1S/C26H26ClN3O2S/c27-22-9-5-4-6-19(22)16-29-13-12-18-14-17(10-11-23(18)29)15-21-24(31)28-26(33)30(25(21)32)20-7-2-1-3-8-20/h4-6,9-11,14-15,20H,1-3,7-8,12-13,16H2,(H,28,31,33). The van der Waals surface area contributed by atoms with Gasteiger partial charge in [0.1, 0.15) is 5.57 Å². The van der Waals surface area contributed by atoms with E-state index in [1.165, 1.54) is 17.7 Å². The summed E-state index contributed by atoms with van der Waals surface area (Å²) < 4.78 is 0. The first-order chi connectivity index (χ1) is 16.0. The van der Waals surface area contributed by atoms with Gasteiger partial charge in [0, 0.05) is 29.8 Å². The Morgan fingerprint density at radius 3 is 2.67 bits per heavy atom. The third-order valence-corrected chi connectivity index (χ3v) is 7.47. The van der Waals surface area contributed by atoms with E-state index >= 15 is 0 Å². The van der Waals surface area contributed by atoms with Crippen LogP contribution in [0.3, 0.4) is 0 Å². The summed E-state index contributed by atoms with van der Waals surface area (Å²) in [6.45, 7) is 1.66. The first-order valence-electron chi connectivity index (χ1n) is 11.5. The van der Waals surface area contributed by atoms with Crippen molar-refractivity contribution in [1.29, 1.82) is 0 Å². The number of carbonyl (C=O) groups excluding carboxylic acids is 2. The zero-order valence-corrected chi connectivity index (χ0v) is 19.9. The molecule has 0 unspecified atom stereocenters. The van der Waals surface area contributed by atoms with E-state index in [4.69, 9.17) is 23.8 Å². The smallest absolute Gasteiger partial charge is 0.265 e. The maximum atomic E-state index is 13.3. The van der Waals surface area contributed by atoms with Crippen molar-refractivity contribution in [1.82, 2.24) is 10.2 Å². The van der Waals surface area contributed by atoms with Crippen LogP contribution >= 0.6 is 23.8 Å². The number of hydrogen-bond acceptors (Lipinski definition) is 4. The molecule has 2 aromatic rings. The third-order valence-electron chi connectivity index (χ3n) is 6.80. The van der Waals surface area contributed by atoms with E-state index < -0.39 is 5.91 Å². The number of thiocarbonyl (C=S) groups is 1. The summed E-state index contributed by atoms with van der Waals surface area (Å²) in [5.74, 6) is -0.700. The Morgan fingerprint density at radius 1 is 1.09 bits per heavy atom. The van der Waals surface area contributed by atoms with Crippen LogP contribution in [-0.4, -0.2) is 34.4 Å². The zero-order chi connectivity index (χ0) is 22.9. The van der Waals surface area contributed by atoms with Gasteiger partial charge in [-0.2, -0.15) is 0 Å². The number of nitrogens with zero attached hydrogens (tertiary/aromatic N) is 2. The predicted octanol–water partition coefficient (Wildman–Crippen LogP) is 4.86. The molecule has 1 saturated heterocycles. The molecule has 5 rings (SSSR count). The van der Waals surface area contributed by atoms with Crippen LogP contribution in [0, 0.1) is 0 Å². The summed E-state index contributed by atoms with van der Waals surface area (Å²) in [6, 6.07) is 14.1. The largest absolute Gasteiger partial charge is 0.367 e. The van der Waals surface area contributed by atoms with Crippen LogP contribution in [0.4, 0.5) is 5.69 Å². The molecule has 7 heteroatoms. The van der Waals surface area contributed by atoms with Crippen molar-refractivity contribution in [2.45, 2.75) is 51.1 Å². The first-order valence-corrected chi connectivity index (χ1v) is 12.3. The number of amides is 2. The third kappa shape index (κ3) is 4.42. The van der Waals surface area contributed by atoms with Gasteiger partial charge in [-0.1, -0.05) is 55.1 Å². The molecule has 0 spiro atoms. The van der Waals surface area contributed by atoms with Crippen LogP contribution in [0.2, 0.25) is 5.02 Å². The van der Waals surface area contributed by atoms with Crippen LogP contribution in [-0.2, 0) is 22.6 Å². The molecule has 2 aliphatic heterocycles. The average molecular weight is 480 g/mol. The van der Waals surface area contributed by atoms with Gasteiger partial charge in [-0.05, 0) is 72.4 Å². The Balaban J connectivity index is 1.38. The SMILES string of the molecule is O=C1NC(=S)N(C2CCCCC2)C(=O)C1=Cc1ccc2c(c1)CCN2Cc1ccccc1Cl. The Hall–Kier alpha value is -2.70. The number of nitrogens with one attached hydrogen (secondary N) is 1. The fourth-order valence-electron chi connectivity index (χ4n) is 5.08. The Kier molecular flexibility index (Phi) is 6.21. The second-order valence-corrected chi connectivity index (χ2v) is 9.73. The van der Waals surface area contributed by atoms with Gasteiger partial charge in [0.2, 0.25) is 0 Å². The highest BCUT2D eigenvalue weighted by molar-refractivity contribution is 7.80. The Labute approximate surface area is 204 Å². The minimum atomic E-state index is -0.419. The topological polar surface area (TPSA) is 52.7 Å². The van der Waals surface area contributed by atoms with Crippen molar-refractivity contribution in [3.05, 3.63) is 69.8 Å². The van der Waals surface area contributed by atoms with Gasteiger partial charge in [-0.15, -0.1) is 0 Å². The van der Waals surface area contributed by atoms with E-state index in [0.29, 0.717) is 0 Å². The van der Waals surface area contributed by atoms with Gasteiger partial charge < -0.3 is 4.90 Å². The van der Waals surface area contributed by atoms with Crippen molar-refractivity contribution in [3.8, 4) is 0 Å². The maximum absolute atomic E-state index is 13.3. The molecule has 0 aromatic heterocycles. The van der Waals surface area contributed by atoms with E-state index in [9.17, 15) is 9.59 Å². The molecule has 33 heavy (non-hydrogen) atoms. The molecule has 5 nitrogen and oxygen atoms in total. The average Bonchev–Trinajstić information content (AvgIpc) is 3.21. The number of halogens is 1. The van der Waals surface area contributed by atoms with Gasteiger partial charge in [-0.25, -0.2) is 0 Å². The van der Waals surface area contributed by atoms with E-state index in [2.05, 4.69) is 28.4 Å². The summed E-state index contributed by atoms with van der Waals surface area (Å²) in [7, 11) is 0. The quantitative estimate of drug-likeness (QED) is 0.386. The molecule has 2 aromatic carbocycles. The van der Waals surface area contributed by atoms with Gasteiger partial charge in [0.05, 0.1) is 0 Å². The molecule has 1 aliphatic carbocycles. The van der Waals surface area contributed by atoms with Crippen LogP contribution in [0.5, 0.6) is 0 Å². The van der Waals surface area contributed by atoms with E-state index in [1.807, 2.05) is 24.3 Å². The Bertz CT molecular complexity index is 1160. The van der Waals surface area contributed by atoms with E-state index in [0.717, 1.165) is 61.3 Å².